The van der Waals surface area contributed by atoms with Crippen molar-refractivity contribution >= 4 is 33.4 Å². The largest absolute Gasteiger partial charge is 0.356 e. The van der Waals surface area contributed by atoms with E-state index >= 15 is 0 Å². The summed E-state index contributed by atoms with van der Waals surface area (Å²) in [5.41, 5.74) is 1.77. The summed E-state index contributed by atoms with van der Waals surface area (Å²) in [6, 6.07) is 5.62. The topological polar surface area (TPSA) is 58.2 Å². The van der Waals surface area contributed by atoms with E-state index in [1.54, 1.807) is 6.07 Å². The van der Waals surface area contributed by atoms with Gasteiger partial charge in [-0.3, -0.25) is 9.59 Å². The quantitative estimate of drug-likeness (QED) is 0.821. The highest BCUT2D eigenvalue weighted by Crippen LogP contribution is 2.23. The highest BCUT2D eigenvalue weighted by atomic mass is 79.9. The summed E-state index contributed by atoms with van der Waals surface area (Å²) in [7, 11) is 0. The number of aryl methyl sites for hydroxylation is 1. The van der Waals surface area contributed by atoms with Crippen molar-refractivity contribution in [3.05, 3.63) is 28.2 Å². The van der Waals surface area contributed by atoms with Crippen LogP contribution >= 0.6 is 15.9 Å². The van der Waals surface area contributed by atoms with Crippen molar-refractivity contribution in [1.82, 2.24) is 5.32 Å². The zero-order valence-corrected chi connectivity index (χ0v) is 12.1. The SMILES string of the molecule is CCCNC(=O)CC(=O)Nc1ccc(C)cc1Br. The average molecular weight is 313 g/mol. The maximum absolute atomic E-state index is 11.6. The Morgan fingerprint density at radius 2 is 2.00 bits per heavy atom. The lowest BCUT2D eigenvalue weighted by molar-refractivity contribution is -0.126. The van der Waals surface area contributed by atoms with E-state index in [0.29, 0.717) is 12.2 Å². The van der Waals surface area contributed by atoms with Gasteiger partial charge in [0.25, 0.3) is 0 Å². The van der Waals surface area contributed by atoms with E-state index in [4.69, 9.17) is 0 Å². The number of amides is 2. The molecule has 0 bridgehead atoms. The molecular weight excluding hydrogens is 296 g/mol. The third-order valence-corrected chi connectivity index (χ3v) is 2.95. The molecule has 0 aliphatic rings. The second-order valence-corrected chi connectivity index (χ2v) is 4.91. The molecule has 0 fully saturated rings. The number of halogens is 1. The summed E-state index contributed by atoms with van der Waals surface area (Å²) in [6.45, 7) is 4.53. The predicted molar refractivity (Wildman–Crippen MR) is 75.4 cm³/mol. The molecule has 1 aromatic carbocycles. The molecule has 2 amide bonds. The highest BCUT2D eigenvalue weighted by molar-refractivity contribution is 9.10. The van der Waals surface area contributed by atoms with E-state index < -0.39 is 0 Å². The molecule has 0 aromatic heterocycles. The van der Waals surface area contributed by atoms with Crippen LogP contribution in [0, 0.1) is 6.92 Å². The molecule has 0 saturated heterocycles. The lowest BCUT2D eigenvalue weighted by Crippen LogP contribution is -2.28. The zero-order chi connectivity index (χ0) is 13.5. The Hall–Kier alpha value is -1.36. The number of anilines is 1. The molecule has 0 unspecified atom stereocenters. The first kappa shape index (κ1) is 14.7. The smallest absolute Gasteiger partial charge is 0.233 e. The molecule has 0 aliphatic heterocycles. The van der Waals surface area contributed by atoms with E-state index in [1.165, 1.54) is 0 Å². The molecule has 0 saturated carbocycles. The summed E-state index contributed by atoms with van der Waals surface area (Å²) in [6.07, 6.45) is 0.706. The molecule has 0 heterocycles. The van der Waals surface area contributed by atoms with E-state index in [2.05, 4.69) is 26.6 Å². The predicted octanol–water partition coefficient (Wildman–Crippen LogP) is 2.61. The summed E-state index contributed by atoms with van der Waals surface area (Å²) in [4.78, 5) is 23.0. The van der Waals surface area contributed by atoms with Crippen LogP contribution in [0.25, 0.3) is 0 Å². The second kappa shape index (κ2) is 7.16. The lowest BCUT2D eigenvalue weighted by Gasteiger charge is -2.08. The minimum atomic E-state index is -0.312. The highest BCUT2D eigenvalue weighted by Gasteiger charge is 2.10. The van der Waals surface area contributed by atoms with Gasteiger partial charge >= 0.3 is 0 Å². The Balaban J connectivity index is 2.51. The van der Waals surface area contributed by atoms with Crippen LogP contribution in [0.4, 0.5) is 5.69 Å². The van der Waals surface area contributed by atoms with Gasteiger partial charge in [-0.1, -0.05) is 13.0 Å². The van der Waals surface area contributed by atoms with Crippen LogP contribution in [0.3, 0.4) is 0 Å². The van der Waals surface area contributed by atoms with Gasteiger partial charge in [0.15, 0.2) is 0 Å². The Morgan fingerprint density at radius 3 is 2.61 bits per heavy atom. The molecule has 0 spiro atoms. The number of rotatable bonds is 5. The summed E-state index contributed by atoms with van der Waals surface area (Å²) in [5, 5.41) is 5.36. The summed E-state index contributed by atoms with van der Waals surface area (Å²) >= 11 is 3.37. The van der Waals surface area contributed by atoms with E-state index in [1.807, 2.05) is 26.0 Å². The minimum absolute atomic E-state index is 0.152. The molecule has 4 nitrogen and oxygen atoms in total. The van der Waals surface area contributed by atoms with Gasteiger partial charge < -0.3 is 10.6 Å². The van der Waals surface area contributed by atoms with Crippen LogP contribution in [0.2, 0.25) is 0 Å². The zero-order valence-electron chi connectivity index (χ0n) is 10.5. The fraction of sp³-hybridized carbons (Fsp3) is 0.385. The number of carbonyl (C=O) groups is 2. The van der Waals surface area contributed by atoms with Gasteiger partial charge in [0.1, 0.15) is 6.42 Å². The normalized spacial score (nSPS) is 9.94. The number of hydrogen-bond acceptors (Lipinski definition) is 2. The van der Waals surface area contributed by atoms with Crippen molar-refractivity contribution < 1.29 is 9.59 Å². The third-order valence-electron chi connectivity index (χ3n) is 2.29. The minimum Gasteiger partial charge on any atom is -0.356 e. The molecule has 1 rings (SSSR count). The van der Waals surface area contributed by atoms with E-state index in [9.17, 15) is 9.59 Å². The number of hydrogen-bond donors (Lipinski definition) is 2. The van der Waals surface area contributed by atoms with Crippen LogP contribution in [0.1, 0.15) is 25.3 Å². The second-order valence-electron chi connectivity index (χ2n) is 4.06. The fourth-order valence-corrected chi connectivity index (χ4v) is 1.98. The van der Waals surface area contributed by atoms with Crippen LogP contribution in [-0.2, 0) is 9.59 Å². The summed E-state index contributed by atoms with van der Waals surface area (Å²) < 4.78 is 0.810. The van der Waals surface area contributed by atoms with Gasteiger partial charge in [-0.05, 0) is 47.0 Å². The van der Waals surface area contributed by atoms with Crippen LogP contribution in [0.15, 0.2) is 22.7 Å². The molecule has 0 aliphatic carbocycles. The first-order chi connectivity index (χ1) is 8.52. The van der Waals surface area contributed by atoms with Crippen LogP contribution in [-0.4, -0.2) is 18.4 Å². The standard InChI is InChI=1S/C13H17BrN2O2/c1-3-6-15-12(17)8-13(18)16-11-5-4-9(2)7-10(11)14/h4-5,7H,3,6,8H2,1-2H3,(H,15,17)(H,16,18). The third kappa shape index (κ3) is 4.87. The van der Waals surface area contributed by atoms with E-state index in [-0.39, 0.29) is 18.2 Å². The molecule has 2 N–H and O–H groups in total. The van der Waals surface area contributed by atoms with Gasteiger partial charge in [0, 0.05) is 11.0 Å². The molecule has 5 heteroatoms. The Kier molecular flexibility index (Phi) is 5.85. The number of nitrogens with one attached hydrogen (secondary N) is 2. The molecule has 18 heavy (non-hydrogen) atoms. The monoisotopic (exact) mass is 312 g/mol. The van der Waals surface area contributed by atoms with Crippen molar-refractivity contribution in [3.8, 4) is 0 Å². The Bertz CT molecular complexity index is 447. The first-order valence-electron chi connectivity index (χ1n) is 5.85. The van der Waals surface area contributed by atoms with Crippen molar-refractivity contribution in [3.63, 3.8) is 0 Å². The van der Waals surface area contributed by atoms with Gasteiger partial charge in [-0.15, -0.1) is 0 Å². The van der Waals surface area contributed by atoms with Gasteiger partial charge in [-0.25, -0.2) is 0 Å². The van der Waals surface area contributed by atoms with Crippen LogP contribution in [0.5, 0.6) is 0 Å². The Morgan fingerprint density at radius 1 is 1.28 bits per heavy atom. The maximum atomic E-state index is 11.6. The first-order valence-corrected chi connectivity index (χ1v) is 6.65. The molecule has 0 radical (unpaired) electrons. The van der Waals surface area contributed by atoms with Crippen molar-refractivity contribution in [2.24, 2.45) is 0 Å². The fourth-order valence-electron chi connectivity index (χ4n) is 1.39. The molecular formula is C13H17BrN2O2. The van der Waals surface area contributed by atoms with Gasteiger partial charge in [0.2, 0.25) is 11.8 Å². The van der Waals surface area contributed by atoms with E-state index in [0.717, 1.165) is 16.5 Å². The molecule has 1 aromatic rings. The number of benzene rings is 1. The Labute approximate surface area is 115 Å². The molecule has 98 valence electrons. The van der Waals surface area contributed by atoms with Crippen molar-refractivity contribution in [2.75, 3.05) is 11.9 Å². The van der Waals surface area contributed by atoms with Gasteiger partial charge in [0.05, 0.1) is 5.69 Å². The average Bonchev–Trinajstić information content (AvgIpc) is 2.30. The summed E-state index contributed by atoms with van der Waals surface area (Å²) in [5.74, 6) is -0.564. The van der Waals surface area contributed by atoms with Crippen molar-refractivity contribution in [1.29, 1.82) is 0 Å². The van der Waals surface area contributed by atoms with Gasteiger partial charge in [-0.2, -0.15) is 0 Å². The molecule has 0 atom stereocenters. The number of carbonyl (C=O) groups excluding carboxylic acids is 2. The van der Waals surface area contributed by atoms with Crippen molar-refractivity contribution in [2.45, 2.75) is 26.7 Å². The van der Waals surface area contributed by atoms with Crippen LogP contribution < -0.4 is 10.6 Å². The maximum Gasteiger partial charge on any atom is 0.233 e. The lowest BCUT2D eigenvalue weighted by atomic mass is 10.2.